The second-order valence-electron chi connectivity index (χ2n) is 8.17. The third kappa shape index (κ3) is 8.80. The third-order valence-corrected chi connectivity index (χ3v) is 5.32. The molecule has 182 valence electrons. The Hall–Kier alpha value is -4.32. The number of ether oxygens (including phenoxy) is 2. The molecular formula is C30H30N4O2. The minimum absolute atomic E-state index is 0.699. The van der Waals surface area contributed by atoms with E-state index >= 15 is 0 Å². The first kappa shape index (κ1) is 24.8. The average Bonchev–Trinajstić information content (AvgIpc) is 2.94. The molecule has 0 spiro atoms. The molecule has 36 heavy (non-hydrogen) atoms. The minimum Gasteiger partial charge on any atom is -0.494 e. The van der Waals surface area contributed by atoms with Gasteiger partial charge in [0.05, 0.1) is 36.0 Å². The van der Waals surface area contributed by atoms with E-state index in [1.165, 1.54) is 0 Å². The molecule has 0 aliphatic carbocycles. The standard InChI is InChI=1S/C30H30N4O2/c1(9-23-35-29-19-15-27(16-20-29)33-31-25-11-5-3-6-12-25)2-10-24-36-30-21-17-28(18-22-30)34-32-26-13-7-4-8-14-26/h3-8,11-22H,1-2,9-10,23-24H2. The van der Waals surface area contributed by atoms with Crippen molar-refractivity contribution in [3.8, 4) is 11.5 Å². The molecule has 0 atom stereocenters. The van der Waals surface area contributed by atoms with E-state index in [1.54, 1.807) is 0 Å². The molecule has 0 unspecified atom stereocenters. The van der Waals surface area contributed by atoms with Crippen LogP contribution < -0.4 is 9.47 Å². The number of nitrogens with zero attached hydrogens (tertiary/aromatic N) is 4. The third-order valence-electron chi connectivity index (χ3n) is 5.32. The lowest BCUT2D eigenvalue weighted by molar-refractivity contribution is 0.287. The van der Waals surface area contributed by atoms with Gasteiger partial charge in [0.2, 0.25) is 0 Å². The molecule has 6 heteroatoms. The highest BCUT2D eigenvalue weighted by Gasteiger charge is 1.98. The molecule has 0 radical (unpaired) electrons. The normalized spacial score (nSPS) is 11.2. The Bertz CT molecular complexity index is 1110. The van der Waals surface area contributed by atoms with Gasteiger partial charge in [0.15, 0.2) is 0 Å². The van der Waals surface area contributed by atoms with Crippen molar-refractivity contribution in [3.63, 3.8) is 0 Å². The molecule has 0 bridgehead atoms. The summed E-state index contributed by atoms with van der Waals surface area (Å²) < 4.78 is 11.7. The van der Waals surface area contributed by atoms with Gasteiger partial charge < -0.3 is 9.47 Å². The predicted octanol–water partition coefficient (Wildman–Crippen LogP) is 9.54. The van der Waals surface area contributed by atoms with Gasteiger partial charge in [-0.15, -0.1) is 0 Å². The van der Waals surface area contributed by atoms with E-state index in [1.807, 2.05) is 109 Å². The van der Waals surface area contributed by atoms with Gasteiger partial charge in [-0.2, -0.15) is 20.5 Å². The van der Waals surface area contributed by atoms with Crippen molar-refractivity contribution < 1.29 is 9.47 Å². The predicted molar refractivity (Wildman–Crippen MR) is 144 cm³/mol. The van der Waals surface area contributed by atoms with Crippen molar-refractivity contribution in [1.29, 1.82) is 0 Å². The van der Waals surface area contributed by atoms with Crippen LogP contribution >= 0.6 is 0 Å². The van der Waals surface area contributed by atoms with Crippen LogP contribution in [0.4, 0.5) is 22.7 Å². The van der Waals surface area contributed by atoms with Gasteiger partial charge in [-0.1, -0.05) is 36.4 Å². The van der Waals surface area contributed by atoms with E-state index in [9.17, 15) is 0 Å². The number of unbranched alkanes of at least 4 members (excludes halogenated alkanes) is 3. The lowest BCUT2D eigenvalue weighted by atomic mass is 10.2. The molecule has 0 saturated carbocycles. The zero-order chi connectivity index (χ0) is 24.7. The van der Waals surface area contributed by atoms with Crippen molar-refractivity contribution in [2.75, 3.05) is 13.2 Å². The van der Waals surface area contributed by atoms with Gasteiger partial charge in [-0.25, -0.2) is 0 Å². The van der Waals surface area contributed by atoms with Crippen LogP contribution in [-0.4, -0.2) is 13.2 Å². The fourth-order valence-corrected chi connectivity index (χ4v) is 3.38. The van der Waals surface area contributed by atoms with Crippen molar-refractivity contribution in [1.82, 2.24) is 0 Å². The number of rotatable bonds is 13. The van der Waals surface area contributed by atoms with Crippen molar-refractivity contribution >= 4 is 22.7 Å². The number of benzene rings is 4. The summed E-state index contributed by atoms with van der Waals surface area (Å²) in [6, 6.07) is 34.8. The fraction of sp³-hybridized carbons (Fsp3) is 0.200. The van der Waals surface area contributed by atoms with E-state index in [0.29, 0.717) is 13.2 Å². The van der Waals surface area contributed by atoms with E-state index in [0.717, 1.165) is 59.9 Å². The van der Waals surface area contributed by atoms with Crippen LogP contribution in [-0.2, 0) is 0 Å². The quantitative estimate of drug-likeness (QED) is 0.142. The van der Waals surface area contributed by atoms with Gasteiger partial charge in [0, 0.05) is 0 Å². The Morgan fingerprint density at radius 3 is 1.06 bits per heavy atom. The topological polar surface area (TPSA) is 67.9 Å². The van der Waals surface area contributed by atoms with Crippen molar-refractivity contribution in [2.24, 2.45) is 20.5 Å². The molecule has 0 aliphatic rings. The van der Waals surface area contributed by atoms with Gasteiger partial charge in [-0.3, -0.25) is 0 Å². The van der Waals surface area contributed by atoms with Crippen LogP contribution in [0.1, 0.15) is 25.7 Å². The van der Waals surface area contributed by atoms with Crippen LogP contribution in [0.3, 0.4) is 0 Å². The van der Waals surface area contributed by atoms with Crippen LogP contribution in [0.5, 0.6) is 11.5 Å². The van der Waals surface area contributed by atoms with Crippen LogP contribution in [0.25, 0.3) is 0 Å². The molecule has 0 aliphatic heterocycles. The molecule has 0 heterocycles. The largest absolute Gasteiger partial charge is 0.494 e. The number of hydrogen-bond donors (Lipinski definition) is 0. The summed E-state index contributed by atoms with van der Waals surface area (Å²) >= 11 is 0. The lowest BCUT2D eigenvalue weighted by Gasteiger charge is -2.07. The highest BCUT2D eigenvalue weighted by molar-refractivity contribution is 5.43. The minimum atomic E-state index is 0.699. The molecule has 4 aromatic carbocycles. The second kappa shape index (κ2) is 14.2. The summed E-state index contributed by atoms with van der Waals surface area (Å²) in [4.78, 5) is 0. The molecule has 4 rings (SSSR count). The van der Waals surface area contributed by atoms with E-state index in [2.05, 4.69) is 20.5 Å². The molecule has 0 saturated heterocycles. The Morgan fingerprint density at radius 1 is 0.361 bits per heavy atom. The Balaban J connectivity index is 1.05. The first-order chi connectivity index (χ1) is 17.8. The van der Waals surface area contributed by atoms with Crippen LogP contribution in [0.15, 0.2) is 130 Å². The Kier molecular flexibility index (Phi) is 9.76. The SMILES string of the molecule is c1ccc(N=Nc2ccc(OCCCCCCOc3ccc(N=Nc4ccccc4)cc3)cc2)cc1. The monoisotopic (exact) mass is 478 g/mol. The van der Waals surface area contributed by atoms with Crippen molar-refractivity contribution in [2.45, 2.75) is 25.7 Å². The number of hydrogen-bond acceptors (Lipinski definition) is 6. The summed E-state index contributed by atoms with van der Waals surface area (Å²) in [5.41, 5.74) is 3.28. The lowest BCUT2D eigenvalue weighted by Crippen LogP contribution is -1.99. The molecule has 0 fully saturated rings. The van der Waals surface area contributed by atoms with Crippen LogP contribution in [0.2, 0.25) is 0 Å². The number of azo groups is 2. The highest BCUT2D eigenvalue weighted by Crippen LogP contribution is 2.22. The summed E-state index contributed by atoms with van der Waals surface area (Å²) in [7, 11) is 0. The molecular weight excluding hydrogens is 448 g/mol. The van der Waals surface area contributed by atoms with E-state index < -0.39 is 0 Å². The highest BCUT2D eigenvalue weighted by atomic mass is 16.5. The molecule has 6 nitrogen and oxygen atoms in total. The molecule has 0 aromatic heterocycles. The maximum absolute atomic E-state index is 5.84. The van der Waals surface area contributed by atoms with Crippen molar-refractivity contribution in [3.05, 3.63) is 109 Å². The molecule has 0 amide bonds. The Labute approximate surface area is 212 Å². The van der Waals surface area contributed by atoms with Gasteiger partial charge in [0.25, 0.3) is 0 Å². The average molecular weight is 479 g/mol. The zero-order valence-electron chi connectivity index (χ0n) is 20.2. The first-order valence-corrected chi connectivity index (χ1v) is 12.2. The van der Waals surface area contributed by atoms with Gasteiger partial charge in [-0.05, 0) is 98.5 Å². The second-order valence-corrected chi connectivity index (χ2v) is 8.17. The summed E-state index contributed by atoms with van der Waals surface area (Å²) in [5.74, 6) is 1.70. The fourth-order valence-electron chi connectivity index (χ4n) is 3.38. The summed E-state index contributed by atoms with van der Waals surface area (Å²) in [5, 5.41) is 16.9. The summed E-state index contributed by atoms with van der Waals surface area (Å²) in [6.07, 6.45) is 4.23. The van der Waals surface area contributed by atoms with E-state index in [-0.39, 0.29) is 0 Å². The van der Waals surface area contributed by atoms with Gasteiger partial charge in [0.1, 0.15) is 11.5 Å². The Morgan fingerprint density at radius 2 is 0.694 bits per heavy atom. The van der Waals surface area contributed by atoms with Crippen LogP contribution in [0, 0.1) is 0 Å². The smallest absolute Gasteiger partial charge is 0.119 e. The first-order valence-electron chi connectivity index (χ1n) is 12.2. The molecule has 0 N–H and O–H groups in total. The van der Waals surface area contributed by atoms with E-state index in [4.69, 9.17) is 9.47 Å². The molecule has 4 aromatic rings. The maximum Gasteiger partial charge on any atom is 0.119 e. The maximum atomic E-state index is 5.84. The zero-order valence-corrected chi connectivity index (χ0v) is 20.2. The summed E-state index contributed by atoms with van der Waals surface area (Å²) in [6.45, 7) is 1.40. The van der Waals surface area contributed by atoms with Gasteiger partial charge >= 0.3 is 0 Å².